The number of benzene rings is 2. The zero-order valence-corrected chi connectivity index (χ0v) is 15.4. The Morgan fingerprint density at radius 3 is 2.33 bits per heavy atom. The van der Waals surface area contributed by atoms with Crippen molar-refractivity contribution in [3.8, 4) is 5.75 Å². The molecule has 1 N–H and O–H groups in total. The van der Waals surface area contributed by atoms with E-state index in [4.69, 9.17) is 16.3 Å². The Morgan fingerprint density at radius 1 is 1.17 bits per heavy atom. The molecule has 0 saturated heterocycles. The number of para-hydroxylation sites is 1. The summed E-state index contributed by atoms with van der Waals surface area (Å²) in [6, 6.07) is 11.5. The Kier molecular flexibility index (Phi) is 6.27. The SMILES string of the molecule is CCc1cccc(CC)c1NC(=O)[C@@H](C)Oc1ccc(Cl)c(C)c1. The highest BCUT2D eigenvalue weighted by molar-refractivity contribution is 6.31. The third-order valence-electron chi connectivity index (χ3n) is 4.06. The quantitative estimate of drug-likeness (QED) is 0.783. The van der Waals surface area contributed by atoms with E-state index < -0.39 is 6.10 Å². The van der Waals surface area contributed by atoms with E-state index >= 15 is 0 Å². The molecule has 0 unspecified atom stereocenters. The number of hydrogen-bond acceptors (Lipinski definition) is 2. The van der Waals surface area contributed by atoms with Crippen LogP contribution in [0.15, 0.2) is 36.4 Å². The van der Waals surface area contributed by atoms with E-state index in [2.05, 4.69) is 19.2 Å². The van der Waals surface area contributed by atoms with Gasteiger partial charge in [0.2, 0.25) is 0 Å². The molecule has 1 atom stereocenters. The normalized spacial score (nSPS) is 11.9. The topological polar surface area (TPSA) is 38.3 Å². The van der Waals surface area contributed by atoms with Crippen molar-refractivity contribution in [2.75, 3.05) is 5.32 Å². The molecule has 0 bridgehead atoms. The average molecular weight is 346 g/mol. The van der Waals surface area contributed by atoms with Gasteiger partial charge in [-0.1, -0.05) is 43.6 Å². The van der Waals surface area contributed by atoms with Gasteiger partial charge in [0, 0.05) is 10.7 Å². The molecule has 0 aliphatic rings. The lowest BCUT2D eigenvalue weighted by Gasteiger charge is -2.18. The van der Waals surface area contributed by atoms with Crippen LogP contribution in [0.4, 0.5) is 5.69 Å². The molecule has 2 aromatic rings. The number of carbonyl (C=O) groups is 1. The van der Waals surface area contributed by atoms with Crippen LogP contribution < -0.4 is 10.1 Å². The van der Waals surface area contributed by atoms with E-state index in [9.17, 15) is 4.79 Å². The van der Waals surface area contributed by atoms with E-state index in [0.717, 1.165) is 35.2 Å². The Morgan fingerprint density at radius 2 is 1.79 bits per heavy atom. The van der Waals surface area contributed by atoms with Crippen LogP contribution in [-0.2, 0) is 17.6 Å². The zero-order valence-electron chi connectivity index (χ0n) is 14.7. The van der Waals surface area contributed by atoms with Crippen LogP contribution in [0.2, 0.25) is 5.02 Å². The molecule has 0 aliphatic carbocycles. The number of halogens is 1. The largest absolute Gasteiger partial charge is 0.481 e. The van der Waals surface area contributed by atoms with Gasteiger partial charge < -0.3 is 10.1 Å². The third kappa shape index (κ3) is 4.30. The maximum absolute atomic E-state index is 12.5. The second kappa shape index (κ2) is 8.20. The molecular formula is C20H24ClNO2. The minimum absolute atomic E-state index is 0.154. The maximum atomic E-state index is 12.5. The summed E-state index contributed by atoms with van der Waals surface area (Å²) in [4.78, 5) is 12.5. The van der Waals surface area contributed by atoms with Crippen LogP contribution in [0.3, 0.4) is 0 Å². The highest BCUT2D eigenvalue weighted by Gasteiger charge is 2.18. The number of aryl methyl sites for hydroxylation is 3. The molecule has 0 aliphatic heterocycles. The van der Waals surface area contributed by atoms with Gasteiger partial charge in [-0.15, -0.1) is 0 Å². The van der Waals surface area contributed by atoms with Crippen molar-refractivity contribution in [1.29, 1.82) is 0 Å². The van der Waals surface area contributed by atoms with Gasteiger partial charge in [-0.05, 0) is 61.6 Å². The molecule has 24 heavy (non-hydrogen) atoms. The van der Waals surface area contributed by atoms with Crippen LogP contribution in [0, 0.1) is 6.92 Å². The fourth-order valence-corrected chi connectivity index (χ4v) is 2.69. The van der Waals surface area contributed by atoms with E-state index in [1.54, 1.807) is 19.1 Å². The third-order valence-corrected chi connectivity index (χ3v) is 4.48. The number of rotatable bonds is 6. The molecular weight excluding hydrogens is 322 g/mol. The summed E-state index contributed by atoms with van der Waals surface area (Å²) in [5, 5.41) is 3.72. The summed E-state index contributed by atoms with van der Waals surface area (Å²) in [5.41, 5.74) is 4.11. The Labute approximate surface area is 149 Å². The maximum Gasteiger partial charge on any atom is 0.265 e. The zero-order chi connectivity index (χ0) is 17.7. The Hall–Kier alpha value is -2.00. The molecule has 1 amide bonds. The minimum atomic E-state index is -0.597. The van der Waals surface area contributed by atoms with Crippen molar-refractivity contribution in [3.63, 3.8) is 0 Å². The molecule has 0 heterocycles. The minimum Gasteiger partial charge on any atom is -0.481 e. The molecule has 0 fully saturated rings. The first-order valence-electron chi connectivity index (χ1n) is 8.30. The fourth-order valence-electron chi connectivity index (χ4n) is 2.58. The van der Waals surface area contributed by atoms with Gasteiger partial charge >= 0.3 is 0 Å². The van der Waals surface area contributed by atoms with E-state index in [-0.39, 0.29) is 5.91 Å². The van der Waals surface area contributed by atoms with E-state index in [1.165, 1.54) is 0 Å². The number of ether oxygens (including phenoxy) is 1. The molecule has 4 heteroatoms. The highest BCUT2D eigenvalue weighted by atomic mass is 35.5. The number of nitrogens with one attached hydrogen (secondary N) is 1. The molecule has 0 spiro atoms. The molecule has 2 aromatic carbocycles. The summed E-state index contributed by atoms with van der Waals surface area (Å²) in [7, 11) is 0. The van der Waals surface area contributed by atoms with Crippen LogP contribution in [0.1, 0.15) is 37.5 Å². The van der Waals surface area contributed by atoms with E-state index in [1.807, 2.05) is 31.2 Å². The first kappa shape index (κ1) is 18.3. The lowest BCUT2D eigenvalue weighted by Crippen LogP contribution is -2.31. The summed E-state index contributed by atoms with van der Waals surface area (Å²) >= 11 is 6.02. The lowest BCUT2D eigenvalue weighted by atomic mass is 10.0. The van der Waals surface area contributed by atoms with Gasteiger partial charge in [0.1, 0.15) is 5.75 Å². The van der Waals surface area contributed by atoms with Crippen molar-refractivity contribution >= 4 is 23.2 Å². The first-order valence-corrected chi connectivity index (χ1v) is 8.68. The fraction of sp³-hybridized carbons (Fsp3) is 0.350. The first-order chi connectivity index (χ1) is 11.5. The van der Waals surface area contributed by atoms with Crippen LogP contribution in [0.5, 0.6) is 5.75 Å². The molecule has 2 rings (SSSR count). The van der Waals surface area contributed by atoms with Crippen molar-refractivity contribution in [1.82, 2.24) is 0 Å². The Bertz CT molecular complexity index is 705. The standard InChI is InChI=1S/C20H24ClNO2/c1-5-15-8-7-9-16(6-2)19(15)22-20(23)14(4)24-17-10-11-18(21)13(3)12-17/h7-12,14H,5-6H2,1-4H3,(H,22,23)/t14-/m1/s1. The molecule has 0 radical (unpaired) electrons. The molecule has 0 saturated carbocycles. The number of carbonyl (C=O) groups excluding carboxylic acids is 1. The van der Waals surface area contributed by atoms with Crippen LogP contribution >= 0.6 is 11.6 Å². The number of amides is 1. The average Bonchev–Trinajstić information content (AvgIpc) is 2.58. The highest BCUT2D eigenvalue weighted by Crippen LogP contribution is 2.24. The van der Waals surface area contributed by atoms with Crippen LogP contribution in [-0.4, -0.2) is 12.0 Å². The van der Waals surface area contributed by atoms with Crippen molar-refractivity contribution in [2.24, 2.45) is 0 Å². The van der Waals surface area contributed by atoms with Crippen molar-refractivity contribution < 1.29 is 9.53 Å². The monoisotopic (exact) mass is 345 g/mol. The number of anilines is 1. The second-order valence-electron chi connectivity index (χ2n) is 5.82. The molecule has 0 aromatic heterocycles. The smallest absolute Gasteiger partial charge is 0.265 e. The van der Waals surface area contributed by atoms with E-state index in [0.29, 0.717) is 10.8 Å². The van der Waals surface area contributed by atoms with Gasteiger partial charge in [0.15, 0.2) is 6.10 Å². The summed E-state index contributed by atoms with van der Waals surface area (Å²) in [5.74, 6) is 0.484. The predicted octanol–water partition coefficient (Wildman–Crippen LogP) is 5.18. The van der Waals surface area contributed by atoms with Crippen molar-refractivity contribution in [3.05, 3.63) is 58.1 Å². The summed E-state index contributed by atoms with van der Waals surface area (Å²) < 4.78 is 5.76. The number of hydrogen-bond donors (Lipinski definition) is 1. The van der Waals surface area contributed by atoms with Gasteiger partial charge in [0.05, 0.1) is 0 Å². The summed E-state index contributed by atoms with van der Waals surface area (Å²) in [6.45, 7) is 7.83. The van der Waals surface area contributed by atoms with Gasteiger partial charge in [-0.3, -0.25) is 4.79 Å². The summed E-state index contributed by atoms with van der Waals surface area (Å²) in [6.07, 6.45) is 1.14. The van der Waals surface area contributed by atoms with Gasteiger partial charge in [0.25, 0.3) is 5.91 Å². The second-order valence-corrected chi connectivity index (χ2v) is 6.23. The van der Waals surface area contributed by atoms with Gasteiger partial charge in [-0.2, -0.15) is 0 Å². The molecule has 3 nitrogen and oxygen atoms in total. The Balaban J connectivity index is 2.13. The molecule has 128 valence electrons. The van der Waals surface area contributed by atoms with Crippen molar-refractivity contribution in [2.45, 2.75) is 46.6 Å². The van der Waals surface area contributed by atoms with Gasteiger partial charge in [-0.25, -0.2) is 0 Å². The lowest BCUT2D eigenvalue weighted by molar-refractivity contribution is -0.122. The van der Waals surface area contributed by atoms with Crippen LogP contribution in [0.25, 0.3) is 0 Å². The predicted molar refractivity (Wildman–Crippen MR) is 100 cm³/mol.